The summed E-state index contributed by atoms with van der Waals surface area (Å²) in [4.78, 5) is 21.5. The lowest BCUT2D eigenvalue weighted by Crippen LogP contribution is -2.03. The van der Waals surface area contributed by atoms with Crippen molar-refractivity contribution in [2.45, 2.75) is 13.8 Å². The van der Waals surface area contributed by atoms with Crippen LogP contribution in [0.4, 0.5) is 4.39 Å². The van der Waals surface area contributed by atoms with Gasteiger partial charge in [-0.05, 0) is 17.4 Å². The van der Waals surface area contributed by atoms with Gasteiger partial charge >= 0.3 is 11.9 Å². The Labute approximate surface area is 86.7 Å². The van der Waals surface area contributed by atoms with Crippen LogP contribution in [-0.4, -0.2) is 24.2 Å². The highest BCUT2D eigenvalue weighted by molar-refractivity contribution is 5.86. The molecule has 0 saturated heterocycles. The van der Waals surface area contributed by atoms with E-state index < -0.39 is 35.0 Å². The molecule has 0 aromatic rings. The molecule has 15 heavy (non-hydrogen) atoms. The van der Waals surface area contributed by atoms with E-state index in [2.05, 4.69) is 4.74 Å². The molecule has 1 rings (SSSR count). The fourth-order valence-corrected chi connectivity index (χ4v) is 1.78. The molecule has 0 bridgehead atoms. The number of esters is 1. The van der Waals surface area contributed by atoms with Crippen molar-refractivity contribution in [3.63, 3.8) is 0 Å². The van der Waals surface area contributed by atoms with Crippen LogP contribution in [0.1, 0.15) is 13.8 Å². The van der Waals surface area contributed by atoms with Gasteiger partial charge in [0.05, 0.1) is 13.0 Å². The number of carboxylic acids is 1. The summed E-state index contributed by atoms with van der Waals surface area (Å²) in [5, 5.41) is 8.80. The van der Waals surface area contributed by atoms with Crippen molar-refractivity contribution >= 4 is 11.9 Å². The second kappa shape index (κ2) is 3.64. The smallest absolute Gasteiger partial charge is 0.366 e. The summed E-state index contributed by atoms with van der Waals surface area (Å²) in [5.74, 6) is -4.15. The highest BCUT2D eigenvalue weighted by atomic mass is 19.1. The summed E-state index contributed by atoms with van der Waals surface area (Å²) in [5.41, 5.74) is -0.503. The van der Waals surface area contributed by atoms with Gasteiger partial charge in [-0.15, -0.1) is 0 Å². The molecule has 0 spiro atoms. The van der Waals surface area contributed by atoms with Crippen molar-refractivity contribution < 1.29 is 23.8 Å². The number of aliphatic carboxylic acids is 1. The molecule has 0 aliphatic heterocycles. The first-order chi connectivity index (χ1) is 6.82. The predicted molar refractivity (Wildman–Crippen MR) is 49.6 cm³/mol. The Morgan fingerprint density at radius 2 is 2.00 bits per heavy atom. The minimum Gasteiger partial charge on any atom is -0.481 e. The lowest BCUT2D eigenvalue weighted by atomic mass is 10.1. The summed E-state index contributed by atoms with van der Waals surface area (Å²) in [6, 6.07) is 0. The van der Waals surface area contributed by atoms with Gasteiger partial charge in [-0.25, -0.2) is 4.79 Å². The number of ether oxygens (including phenoxy) is 1. The molecule has 1 aliphatic rings. The lowest BCUT2D eigenvalue weighted by Gasteiger charge is -1.97. The number of allylic oxidation sites excluding steroid dienone is 1. The standard InChI is InChI=1S/C10H13FO4/c1-10(2)5(7(10)8(12)13)4-6(11)9(14)15-3/h4-5,7H,1-3H3,(H,12,13). The maximum absolute atomic E-state index is 13.1. The van der Waals surface area contributed by atoms with Crippen LogP contribution in [0.25, 0.3) is 0 Å². The molecule has 1 N–H and O–H groups in total. The fraction of sp³-hybridized carbons (Fsp3) is 0.600. The van der Waals surface area contributed by atoms with Crippen LogP contribution in [0.2, 0.25) is 0 Å². The van der Waals surface area contributed by atoms with Gasteiger partial charge in [0.25, 0.3) is 0 Å². The Morgan fingerprint density at radius 1 is 1.47 bits per heavy atom. The largest absolute Gasteiger partial charge is 0.481 e. The molecule has 1 aliphatic carbocycles. The van der Waals surface area contributed by atoms with E-state index in [1.165, 1.54) is 0 Å². The van der Waals surface area contributed by atoms with E-state index in [1.54, 1.807) is 13.8 Å². The van der Waals surface area contributed by atoms with E-state index in [-0.39, 0.29) is 0 Å². The van der Waals surface area contributed by atoms with Crippen molar-refractivity contribution in [3.8, 4) is 0 Å². The van der Waals surface area contributed by atoms with Crippen molar-refractivity contribution in [2.24, 2.45) is 17.3 Å². The normalized spacial score (nSPS) is 28.4. The van der Waals surface area contributed by atoms with E-state index in [0.717, 1.165) is 13.2 Å². The molecular weight excluding hydrogens is 203 g/mol. The molecule has 4 nitrogen and oxygen atoms in total. The molecule has 2 atom stereocenters. The molecule has 0 radical (unpaired) electrons. The van der Waals surface area contributed by atoms with Crippen LogP contribution in [-0.2, 0) is 14.3 Å². The second-order valence-electron chi connectivity index (χ2n) is 4.17. The number of carboxylic acid groups (broad SMARTS) is 1. The minimum absolute atomic E-state index is 0.450. The van der Waals surface area contributed by atoms with Crippen LogP contribution in [0.15, 0.2) is 11.9 Å². The number of carbonyl (C=O) groups is 2. The number of hydrogen-bond acceptors (Lipinski definition) is 3. The van der Waals surface area contributed by atoms with Crippen molar-refractivity contribution in [2.75, 3.05) is 7.11 Å². The summed E-state index contributed by atoms with van der Waals surface area (Å²) < 4.78 is 17.2. The number of halogens is 1. The van der Waals surface area contributed by atoms with Crippen molar-refractivity contribution in [3.05, 3.63) is 11.9 Å². The Bertz CT molecular complexity index is 332. The molecule has 84 valence electrons. The minimum atomic E-state index is -1.07. The summed E-state index contributed by atoms with van der Waals surface area (Å²) in [7, 11) is 1.07. The quantitative estimate of drug-likeness (QED) is 0.571. The fourth-order valence-electron chi connectivity index (χ4n) is 1.78. The van der Waals surface area contributed by atoms with Gasteiger partial charge in [0, 0.05) is 0 Å². The zero-order chi connectivity index (χ0) is 11.8. The van der Waals surface area contributed by atoms with E-state index in [9.17, 15) is 14.0 Å². The number of rotatable bonds is 3. The van der Waals surface area contributed by atoms with Crippen molar-refractivity contribution in [1.82, 2.24) is 0 Å². The van der Waals surface area contributed by atoms with Crippen LogP contribution < -0.4 is 0 Å². The van der Waals surface area contributed by atoms with E-state index in [4.69, 9.17) is 5.11 Å². The molecule has 0 amide bonds. The van der Waals surface area contributed by atoms with Crippen LogP contribution in [0.3, 0.4) is 0 Å². The first-order valence-corrected chi connectivity index (χ1v) is 4.50. The van der Waals surface area contributed by atoms with E-state index >= 15 is 0 Å². The predicted octanol–water partition coefficient (Wildman–Crippen LogP) is 1.37. The van der Waals surface area contributed by atoms with E-state index in [1.807, 2.05) is 0 Å². The molecular formula is C10H13FO4. The van der Waals surface area contributed by atoms with Gasteiger partial charge in [0.15, 0.2) is 0 Å². The average molecular weight is 216 g/mol. The highest BCUT2D eigenvalue weighted by Gasteiger charge is 2.61. The third-order valence-corrected chi connectivity index (χ3v) is 2.88. The average Bonchev–Trinajstić information content (AvgIpc) is 2.66. The van der Waals surface area contributed by atoms with Crippen molar-refractivity contribution in [1.29, 1.82) is 0 Å². The molecule has 0 aromatic heterocycles. The second-order valence-corrected chi connectivity index (χ2v) is 4.17. The summed E-state index contributed by atoms with van der Waals surface area (Å²) in [6.07, 6.45) is 1.03. The van der Waals surface area contributed by atoms with Gasteiger partial charge in [-0.1, -0.05) is 13.8 Å². The third-order valence-electron chi connectivity index (χ3n) is 2.88. The number of carbonyl (C=O) groups excluding carboxylic acids is 1. The van der Waals surface area contributed by atoms with Gasteiger partial charge in [0.1, 0.15) is 0 Å². The third kappa shape index (κ3) is 2.00. The number of methoxy groups -OCH3 is 1. The summed E-state index contributed by atoms with van der Waals surface area (Å²) in [6.45, 7) is 3.44. The summed E-state index contributed by atoms with van der Waals surface area (Å²) >= 11 is 0. The monoisotopic (exact) mass is 216 g/mol. The first kappa shape index (κ1) is 11.7. The van der Waals surface area contributed by atoms with Gasteiger partial charge in [0.2, 0.25) is 5.83 Å². The molecule has 1 saturated carbocycles. The number of hydrogen-bond donors (Lipinski definition) is 1. The van der Waals surface area contributed by atoms with Crippen LogP contribution in [0.5, 0.6) is 0 Å². The molecule has 0 heterocycles. The van der Waals surface area contributed by atoms with E-state index in [0.29, 0.717) is 0 Å². The van der Waals surface area contributed by atoms with Crippen LogP contribution >= 0.6 is 0 Å². The molecule has 0 aromatic carbocycles. The SMILES string of the molecule is COC(=O)C(F)=CC1C(C(=O)O)C1(C)C. The Kier molecular flexibility index (Phi) is 2.83. The topological polar surface area (TPSA) is 63.6 Å². The Balaban J connectivity index is 2.78. The molecule has 2 unspecified atom stereocenters. The highest BCUT2D eigenvalue weighted by Crippen LogP contribution is 2.59. The van der Waals surface area contributed by atoms with Gasteiger partial charge < -0.3 is 9.84 Å². The first-order valence-electron chi connectivity index (χ1n) is 4.50. The van der Waals surface area contributed by atoms with Gasteiger partial charge in [-0.3, -0.25) is 4.79 Å². The Morgan fingerprint density at radius 3 is 2.33 bits per heavy atom. The molecule has 1 fully saturated rings. The lowest BCUT2D eigenvalue weighted by molar-refractivity contribution is -0.140. The van der Waals surface area contributed by atoms with Crippen LogP contribution in [0, 0.1) is 17.3 Å². The maximum Gasteiger partial charge on any atom is 0.366 e. The maximum atomic E-state index is 13.1. The zero-order valence-corrected chi connectivity index (χ0v) is 8.78. The Hall–Kier alpha value is -1.39. The molecule has 5 heteroatoms. The zero-order valence-electron chi connectivity index (χ0n) is 8.78. The van der Waals surface area contributed by atoms with Gasteiger partial charge in [-0.2, -0.15) is 4.39 Å².